The van der Waals surface area contributed by atoms with Gasteiger partial charge in [0.1, 0.15) is 5.75 Å². The van der Waals surface area contributed by atoms with E-state index in [0.29, 0.717) is 18.3 Å². The molecule has 1 aliphatic rings. The molecule has 1 saturated heterocycles. The van der Waals surface area contributed by atoms with Gasteiger partial charge >= 0.3 is 13.1 Å². The lowest BCUT2D eigenvalue weighted by Crippen LogP contribution is -2.41. The molecule has 0 spiro atoms. The third kappa shape index (κ3) is 10.1. The summed E-state index contributed by atoms with van der Waals surface area (Å²) >= 11 is 11.9. The highest BCUT2D eigenvalue weighted by Gasteiger charge is 2.33. The van der Waals surface area contributed by atoms with Gasteiger partial charge in [-0.1, -0.05) is 33.6 Å². The van der Waals surface area contributed by atoms with Gasteiger partial charge in [-0.05, 0) is 94.7 Å². The van der Waals surface area contributed by atoms with Crippen LogP contribution in [0.25, 0.3) is 0 Å². The molecule has 32 heavy (non-hydrogen) atoms. The number of carbonyl (C=O) groups is 2. The molecule has 1 fully saturated rings. The van der Waals surface area contributed by atoms with E-state index >= 15 is 0 Å². The molecule has 2 rings (SSSR count). The minimum Gasteiger partial charge on any atom is -0.476 e. The number of halogens is 3. The summed E-state index contributed by atoms with van der Waals surface area (Å²) in [5.74, 6) is 0.306. The Kier molecular flexibility index (Phi) is 11.7. The highest BCUT2D eigenvalue weighted by molar-refractivity contribution is 9.20. The number of carbonyl (C=O) groups excluding carboxylic acids is 2. The molecule has 0 aliphatic carbocycles. The van der Waals surface area contributed by atoms with Gasteiger partial charge in [0.2, 0.25) is 4.69 Å². The van der Waals surface area contributed by atoms with Crippen LogP contribution in [0.15, 0.2) is 18.2 Å². The number of esters is 1. The number of hydrogen-bond donors (Lipinski definition) is 2. The molecule has 180 valence electrons. The molecule has 2 N–H and O–H groups in total. The molecule has 0 radical (unpaired) electrons. The molecule has 1 aromatic rings. The average Bonchev–Trinajstić information content (AvgIpc) is 2.66. The number of piperidine rings is 1. The van der Waals surface area contributed by atoms with Crippen molar-refractivity contribution in [2.24, 2.45) is 5.92 Å². The number of rotatable bonds is 7. The van der Waals surface area contributed by atoms with Crippen molar-refractivity contribution < 1.29 is 29.1 Å². The molecular weight excluding hydrogens is 568 g/mol. The van der Waals surface area contributed by atoms with E-state index in [-0.39, 0.29) is 15.2 Å². The molecule has 0 atom stereocenters. The highest BCUT2D eigenvalue weighted by Crippen LogP contribution is 2.23. The molecule has 0 aromatic heterocycles. The fraction of sp³-hybridized carbons (Fsp3) is 0.619. The van der Waals surface area contributed by atoms with Gasteiger partial charge in [0.25, 0.3) is 0 Å². The van der Waals surface area contributed by atoms with Crippen molar-refractivity contribution in [1.29, 1.82) is 0 Å². The smallest absolute Gasteiger partial charge is 0.476 e. The maximum Gasteiger partial charge on any atom is 0.489 e. The molecule has 0 bridgehead atoms. The highest BCUT2D eigenvalue weighted by atomic mass is 79.9. The summed E-state index contributed by atoms with van der Waals surface area (Å²) in [6.45, 7) is 9.26. The normalized spacial score (nSPS) is 15.4. The Morgan fingerprint density at radius 3 is 2.19 bits per heavy atom. The van der Waals surface area contributed by atoms with Gasteiger partial charge in [-0.3, -0.25) is 4.79 Å². The van der Waals surface area contributed by atoms with Crippen molar-refractivity contribution in [1.82, 2.24) is 4.90 Å². The van der Waals surface area contributed by atoms with Crippen molar-refractivity contribution in [2.45, 2.75) is 50.5 Å². The molecule has 11 heteroatoms. The Morgan fingerprint density at radius 2 is 1.75 bits per heavy atom. The van der Waals surface area contributed by atoms with Gasteiger partial charge in [0.15, 0.2) is 5.60 Å². The SMILES string of the molecule is CC(C)(Br)C(=O)Br.CN1CCC(COC(=O)C(C)(C)Oc2ccc(B(O)O)c(Cl)c2)CC1. The van der Waals surface area contributed by atoms with Gasteiger partial charge in [0.05, 0.1) is 10.9 Å². The molecule has 0 unspecified atom stereocenters. The van der Waals surface area contributed by atoms with E-state index in [4.69, 9.17) is 21.1 Å². The van der Waals surface area contributed by atoms with Crippen LogP contribution in [0, 0.1) is 5.92 Å². The van der Waals surface area contributed by atoms with Crippen LogP contribution in [0.3, 0.4) is 0 Å². The fourth-order valence-electron chi connectivity index (χ4n) is 2.71. The number of nitrogens with zero attached hydrogens (tertiary/aromatic N) is 1. The molecule has 1 heterocycles. The van der Waals surface area contributed by atoms with Crippen molar-refractivity contribution in [3.05, 3.63) is 23.2 Å². The predicted molar refractivity (Wildman–Crippen MR) is 134 cm³/mol. The third-order valence-electron chi connectivity index (χ3n) is 4.87. The maximum atomic E-state index is 12.4. The molecular formula is C21H31BBr2ClNO6. The lowest BCUT2D eigenvalue weighted by molar-refractivity contribution is -0.161. The first kappa shape index (κ1) is 29.4. The van der Waals surface area contributed by atoms with Crippen LogP contribution < -0.4 is 10.2 Å². The molecule has 0 saturated carbocycles. The second kappa shape index (κ2) is 12.7. The summed E-state index contributed by atoms with van der Waals surface area (Å²) in [6.07, 6.45) is 2.04. The van der Waals surface area contributed by atoms with E-state index in [1.54, 1.807) is 27.7 Å². The second-order valence-corrected chi connectivity index (χ2v) is 11.9. The molecule has 1 aliphatic heterocycles. The second-order valence-electron chi connectivity index (χ2n) is 8.76. The van der Waals surface area contributed by atoms with Gasteiger partial charge in [0, 0.05) is 10.5 Å². The van der Waals surface area contributed by atoms with Crippen LogP contribution in [0.2, 0.25) is 5.02 Å². The first-order valence-electron chi connectivity index (χ1n) is 10.2. The summed E-state index contributed by atoms with van der Waals surface area (Å²) in [5.41, 5.74) is -0.995. The van der Waals surface area contributed by atoms with E-state index in [1.165, 1.54) is 18.2 Å². The largest absolute Gasteiger partial charge is 0.489 e. The van der Waals surface area contributed by atoms with Crippen molar-refractivity contribution >= 4 is 66.7 Å². The van der Waals surface area contributed by atoms with Gasteiger partial charge < -0.3 is 24.4 Å². The topological polar surface area (TPSA) is 96.3 Å². The summed E-state index contributed by atoms with van der Waals surface area (Å²) in [4.78, 5) is 25.0. The number of likely N-dealkylation sites (tertiary alicyclic amines) is 1. The quantitative estimate of drug-likeness (QED) is 0.215. The van der Waals surface area contributed by atoms with Crippen LogP contribution in [0.4, 0.5) is 0 Å². The monoisotopic (exact) mass is 597 g/mol. The zero-order chi connectivity index (χ0) is 24.7. The first-order chi connectivity index (χ1) is 14.6. The summed E-state index contributed by atoms with van der Waals surface area (Å²) < 4.78 is 10.7. The lowest BCUT2D eigenvalue weighted by atomic mass is 9.80. The molecule has 7 nitrogen and oxygen atoms in total. The minimum atomic E-state index is -1.66. The first-order valence-corrected chi connectivity index (χ1v) is 12.2. The van der Waals surface area contributed by atoms with Gasteiger partial charge in [-0.15, -0.1) is 0 Å². The standard InChI is InChI=1S/C17H25BClNO5.C4H6Br2O/c1-17(2,16(21)24-11-12-6-8-20(3)9-7-12)25-13-4-5-14(18(22)23)15(19)10-13;1-4(2,6)3(5)7/h4-5,10,12,22-23H,6-9,11H2,1-3H3;1-2H3. The number of hydrogen-bond acceptors (Lipinski definition) is 7. The van der Waals surface area contributed by atoms with E-state index in [2.05, 4.69) is 43.8 Å². The summed E-state index contributed by atoms with van der Waals surface area (Å²) in [7, 11) is 0.430. The zero-order valence-electron chi connectivity index (χ0n) is 19.0. The van der Waals surface area contributed by atoms with E-state index in [1.807, 2.05) is 0 Å². The van der Waals surface area contributed by atoms with E-state index < -0.39 is 23.0 Å². The maximum absolute atomic E-state index is 12.4. The Hall–Kier alpha value is -0.645. The Bertz CT molecular complexity index is 780. The van der Waals surface area contributed by atoms with Crippen LogP contribution in [0.5, 0.6) is 5.75 Å². The zero-order valence-corrected chi connectivity index (χ0v) is 23.0. The molecule has 0 amide bonds. The Labute approximate surface area is 212 Å². The van der Waals surface area contributed by atoms with Gasteiger partial charge in [-0.2, -0.15) is 0 Å². The average molecular weight is 600 g/mol. The van der Waals surface area contributed by atoms with E-state index in [9.17, 15) is 19.6 Å². The minimum absolute atomic E-state index is 0.0278. The fourth-order valence-corrected chi connectivity index (χ4v) is 2.98. The third-order valence-corrected chi connectivity index (χ3v) is 7.08. The number of ether oxygens (including phenoxy) is 2. The Morgan fingerprint density at radius 1 is 1.22 bits per heavy atom. The van der Waals surface area contributed by atoms with Crippen molar-refractivity contribution in [3.8, 4) is 5.75 Å². The van der Waals surface area contributed by atoms with E-state index in [0.717, 1.165) is 25.9 Å². The summed E-state index contributed by atoms with van der Waals surface area (Å²) in [5, 5.41) is 18.5. The van der Waals surface area contributed by atoms with Crippen LogP contribution in [-0.2, 0) is 14.3 Å². The number of alkyl halides is 1. The summed E-state index contributed by atoms with van der Waals surface area (Å²) in [6, 6.07) is 4.43. The van der Waals surface area contributed by atoms with Crippen molar-refractivity contribution in [3.63, 3.8) is 0 Å². The van der Waals surface area contributed by atoms with Crippen molar-refractivity contribution in [2.75, 3.05) is 26.7 Å². The Balaban J connectivity index is 0.000000633. The predicted octanol–water partition coefficient (Wildman–Crippen LogP) is 3.14. The number of benzene rings is 1. The van der Waals surface area contributed by atoms with Crippen LogP contribution in [-0.4, -0.2) is 69.4 Å². The van der Waals surface area contributed by atoms with Crippen LogP contribution in [0.1, 0.15) is 40.5 Å². The van der Waals surface area contributed by atoms with Crippen LogP contribution >= 0.6 is 43.5 Å². The van der Waals surface area contributed by atoms with Gasteiger partial charge in [-0.25, -0.2) is 4.79 Å². The molecule has 1 aromatic carbocycles. The lowest BCUT2D eigenvalue weighted by Gasteiger charge is -2.30.